The van der Waals surface area contributed by atoms with Crippen LogP contribution in [0.2, 0.25) is 0 Å². The molecule has 0 unspecified atom stereocenters. The number of fused-ring (bicyclic) bond motifs is 4. The van der Waals surface area contributed by atoms with Crippen LogP contribution in [-0.2, 0) is 20.0 Å². The minimum absolute atomic E-state index is 0.917. The second kappa shape index (κ2) is 6.41. The van der Waals surface area contributed by atoms with Gasteiger partial charge in [-0.1, -0.05) is 11.3 Å². The topological polar surface area (TPSA) is 33.5 Å². The Labute approximate surface area is 168 Å². The quantitative estimate of drug-likeness (QED) is 0.517. The van der Waals surface area contributed by atoms with Crippen molar-refractivity contribution in [1.82, 2.24) is 9.55 Å². The Morgan fingerprint density at radius 3 is 2.79 bits per heavy atom. The zero-order valence-electron chi connectivity index (χ0n) is 16.7. The first-order valence-corrected chi connectivity index (χ1v) is 10.3. The molecule has 28 heavy (non-hydrogen) atoms. The summed E-state index contributed by atoms with van der Waals surface area (Å²) in [6.07, 6.45) is 1.05. The molecule has 0 atom stereocenters. The van der Waals surface area contributed by atoms with Crippen LogP contribution in [0, 0.1) is 0 Å². The van der Waals surface area contributed by atoms with Gasteiger partial charge < -0.3 is 19.1 Å². The van der Waals surface area contributed by atoms with Crippen molar-refractivity contribution in [2.24, 2.45) is 7.05 Å². The number of nitrogens with zero attached hydrogens (tertiary/aromatic N) is 4. The summed E-state index contributed by atoms with van der Waals surface area (Å²) in [5, 5.41) is 2.35. The van der Waals surface area contributed by atoms with Crippen molar-refractivity contribution < 1.29 is 4.74 Å². The van der Waals surface area contributed by atoms with E-state index in [1.165, 1.54) is 32.5 Å². The van der Waals surface area contributed by atoms with E-state index in [0.29, 0.717) is 0 Å². The lowest BCUT2D eigenvalue weighted by Crippen LogP contribution is -2.30. The van der Waals surface area contributed by atoms with Gasteiger partial charge in [-0.3, -0.25) is 0 Å². The van der Waals surface area contributed by atoms with Gasteiger partial charge in [0.25, 0.3) is 0 Å². The fourth-order valence-corrected chi connectivity index (χ4v) is 5.12. The fourth-order valence-electron chi connectivity index (χ4n) is 4.19. The third-order valence-corrected chi connectivity index (χ3v) is 6.91. The van der Waals surface area contributed by atoms with Crippen LogP contribution in [0.1, 0.15) is 11.3 Å². The minimum Gasteiger partial charge on any atom is -0.497 e. The van der Waals surface area contributed by atoms with Crippen LogP contribution in [0.3, 0.4) is 0 Å². The average molecular weight is 393 g/mol. The number of rotatable bonds is 3. The maximum Gasteiger partial charge on any atom is 0.185 e. The van der Waals surface area contributed by atoms with E-state index in [0.717, 1.165) is 35.9 Å². The van der Waals surface area contributed by atoms with Gasteiger partial charge in [-0.15, -0.1) is 0 Å². The normalized spacial score (nSPS) is 13.9. The van der Waals surface area contributed by atoms with Crippen LogP contribution in [0.5, 0.6) is 5.75 Å². The van der Waals surface area contributed by atoms with Crippen molar-refractivity contribution in [1.29, 1.82) is 0 Å². The van der Waals surface area contributed by atoms with Gasteiger partial charge in [0.05, 0.1) is 17.3 Å². The lowest BCUT2D eigenvalue weighted by atomic mass is 10.0. The molecule has 0 saturated carbocycles. The second-order valence-corrected chi connectivity index (χ2v) is 8.59. The largest absolute Gasteiger partial charge is 0.497 e. The Morgan fingerprint density at radius 1 is 1.14 bits per heavy atom. The summed E-state index contributed by atoms with van der Waals surface area (Å²) < 4.78 is 9.06. The molecule has 1 aliphatic heterocycles. The number of ether oxygens (including phenoxy) is 1. The fraction of sp³-hybridized carbons (Fsp3) is 0.318. The molecule has 5 rings (SSSR count). The molecule has 0 amide bonds. The Bertz CT molecular complexity index is 1190. The monoisotopic (exact) mass is 392 g/mol. The molecule has 2 aromatic carbocycles. The number of benzene rings is 2. The SMILES string of the molecule is COc1ccc2c(c1)c1c(n2C)CCN(c2ccc3nc(N(C)C)sc3c2)C1. The van der Waals surface area contributed by atoms with E-state index in [1.54, 1.807) is 18.4 Å². The van der Waals surface area contributed by atoms with Gasteiger partial charge in [-0.05, 0) is 36.4 Å². The van der Waals surface area contributed by atoms with Crippen molar-refractivity contribution in [2.75, 3.05) is 37.5 Å². The van der Waals surface area contributed by atoms with Crippen molar-refractivity contribution >= 4 is 43.3 Å². The van der Waals surface area contributed by atoms with Crippen LogP contribution in [-0.4, -0.2) is 37.3 Å². The Balaban J connectivity index is 1.54. The summed E-state index contributed by atoms with van der Waals surface area (Å²) in [4.78, 5) is 9.26. The van der Waals surface area contributed by atoms with Crippen LogP contribution in [0.25, 0.3) is 21.1 Å². The summed E-state index contributed by atoms with van der Waals surface area (Å²) in [6, 6.07) is 13.0. The standard InChI is InChI=1S/C22H24N4OS/c1-24(2)22-23-18-7-5-14(11-21(18)28-22)26-10-9-20-17(13-26)16-12-15(27-4)6-8-19(16)25(20)3/h5-8,11-12H,9-10,13H2,1-4H3. The van der Waals surface area contributed by atoms with Gasteiger partial charge in [-0.25, -0.2) is 4.98 Å². The Hall–Kier alpha value is -2.73. The molecule has 3 heterocycles. The lowest BCUT2D eigenvalue weighted by Gasteiger charge is -2.30. The molecule has 1 aliphatic rings. The van der Waals surface area contributed by atoms with Crippen molar-refractivity contribution in [3.8, 4) is 5.75 Å². The summed E-state index contributed by atoms with van der Waals surface area (Å²) in [6.45, 7) is 1.95. The van der Waals surface area contributed by atoms with Gasteiger partial charge in [0, 0.05) is 68.5 Å². The average Bonchev–Trinajstić information content (AvgIpc) is 3.27. The number of hydrogen-bond donors (Lipinski definition) is 0. The third kappa shape index (κ3) is 2.63. The zero-order valence-corrected chi connectivity index (χ0v) is 17.5. The number of aryl methyl sites for hydroxylation is 1. The molecular weight excluding hydrogens is 368 g/mol. The molecule has 0 aliphatic carbocycles. The maximum absolute atomic E-state index is 5.47. The van der Waals surface area contributed by atoms with Crippen molar-refractivity contribution in [3.63, 3.8) is 0 Å². The maximum atomic E-state index is 5.47. The molecule has 2 aromatic heterocycles. The predicted octanol–water partition coefficient (Wildman–Crippen LogP) is 4.43. The highest BCUT2D eigenvalue weighted by atomic mass is 32.1. The van der Waals surface area contributed by atoms with Crippen LogP contribution in [0.15, 0.2) is 36.4 Å². The van der Waals surface area contributed by atoms with Crippen molar-refractivity contribution in [3.05, 3.63) is 47.7 Å². The molecule has 0 spiro atoms. The Morgan fingerprint density at radius 2 is 2.00 bits per heavy atom. The number of anilines is 2. The van der Waals surface area contributed by atoms with Crippen LogP contribution >= 0.6 is 11.3 Å². The first kappa shape index (κ1) is 17.4. The van der Waals surface area contributed by atoms with Gasteiger partial charge in [0.1, 0.15) is 5.75 Å². The predicted molar refractivity (Wildman–Crippen MR) is 118 cm³/mol. The molecule has 0 N–H and O–H groups in total. The van der Waals surface area contributed by atoms with E-state index < -0.39 is 0 Å². The lowest BCUT2D eigenvalue weighted by molar-refractivity contribution is 0.415. The van der Waals surface area contributed by atoms with Gasteiger partial charge in [0.15, 0.2) is 5.13 Å². The molecule has 6 heteroatoms. The molecule has 0 bridgehead atoms. The zero-order chi connectivity index (χ0) is 19.4. The number of thiazole rings is 1. The number of aromatic nitrogens is 2. The second-order valence-electron chi connectivity index (χ2n) is 7.58. The third-order valence-electron chi connectivity index (χ3n) is 5.72. The highest BCUT2D eigenvalue weighted by Gasteiger charge is 2.23. The van der Waals surface area contributed by atoms with E-state index in [1.807, 2.05) is 20.2 Å². The first-order valence-electron chi connectivity index (χ1n) is 9.52. The molecule has 0 saturated heterocycles. The summed E-state index contributed by atoms with van der Waals surface area (Å²) in [7, 11) is 7.99. The molecule has 4 aromatic rings. The van der Waals surface area contributed by atoms with Gasteiger partial charge >= 0.3 is 0 Å². The molecule has 144 valence electrons. The van der Waals surface area contributed by atoms with E-state index >= 15 is 0 Å². The van der Waals surface area contributed by atoms with Crippen LogP contribution in [0.4, 0.5) is 10.8 Å². The van der Waals surface area contributed by atoms with Crippen LogP contribution < -0.4 is 14.5 Å². The first-order chi connectivity index (χ1) is 13.5. The van der Waals surface area contributed by atoms with E-state index in [4.69, 9.17) is 9.72 Å². The minimum atomic E-state index is 0.917. The molecule has 0 radical (unpaired) electrons. The summed E-state index contributed by atoms with van der Waals surface area (Å²) in [5.41, 5.74) is 6.48. The van der Waals surface area contributed by atoms with E-state index in [-0.39, 0.29) is 0 Å². The number of methoxy groups -OCH3 is 1. The van der Waals surface area contributed by atoms with E-state index in [2.05, 4.69) is 51.7 Å². The highest BCUT2D eigenvalue weighted by molar-refractivity contribution is 7.22. The Kier molecular flexibility index (Phi) is 3.98. The summed E-state index contributed by atoms with van der Waals surface area (Å²) >= 11 is 1.75. The molecule has 5 nitrogen and oxygen atoms in total. The van der Waals surface area contributed by atoms with Gasteiger partial charge in [-0.2, -0.15) is 0 Å². The van der Waals surface area contributed by atoms with Gasteiger partial charge in [0.2, 0.25) is 0 Å². The highest BCUT2D eigenvalue weighted by Crippen LogP contribution is 2.36. The molecular formula is C22H24N4OS. The summed E-state index contributed by atoms with van der Waals surface area (Å²) in [5.74, 6) is 0.917. The molecule has 0 fully saturated rings. The van der Waals surface area contributed by atoms with E-state index in [9.17, 15) is 0 Å². The smallest absolute Gasteiger partial charge is 0.185 e. The number of hydrogen-bond acceptors (Lipinski definition) is 5. The van der Waals surface area contributed by atoms with Crippen molar-refractivity contribution in [2.45, 2.75) is 13.0 Å².